The molecule has 0 aliphatic carbocycles. The van der Waals surface area contributed by atoms with Gasteiger partial charge >= 0.3 is 0 Å². The number of rotatable bonds is 5. The van der Waals surface area contributed by atoms with Gasteiger partial charge in [-0.15, -0.1) is 0 Å². The molecule has 1 unspecified atom stereocenters. The summed E-state index contributed by atoms with van der Waals surface area (Å²) in [5, 5.41) is 4.32. The molecular formula is C22H25F2N5. The lowest BCUT2D eigenvalue weighted by molar-refractivity contribution is 0.150. The number of nitrogens with zero attached hydrogens (tertiary/aromatic N) is 4. The van der Waals surface area contributed by atoms with Crippen molar-refractivity contribution in [3.63, 3.8) is 0 Å². The van der Waals surface area contributed by atoms with Crippen LogP contribution in [0.25, 0.3) is 10.9 Å². The first-order chi connectivity index (χ1) is 13.9. The summed E-state index contributed by atoms with van der Waals surface area (Å²) < 4.78 is 26.6. The van der Waals surface area contributed by atoms with Crippen LogP contribution in [0.5, 0.6) is 0 Å². The Morgan fingerprint density at radius 1 is 1.07 bits per heavy atom. The second-order valence-corrected chi connectivity index (χ2v) is 7.60. The van der Waals surface area contributed by atoms with Gasteiger partial charge in [0.25, 0.3) is 6.43 Å². The molecule has 1 saturated heterocycles. The number of aryl methyl sites for hydroxylation is 1. The third-order valence-electron chi connectivity index (χ3n) is 5.58. The first-order valence-corrected chi connectivity index (χ1v) is 9.97. The lowest BCUT2D eigenvalue weighted by Crippen LogP contribution is -2.19. The molecule has 4 rings (SSSR count). The minimum Gasteiger partial charge on any atom is -0.363 e. The number of aromatic nitrogens is 3. The Morgan fingerprint density at radius 3 is 2.52 bits per heavy atom. The second kappa shape index (κ2) is 7.89. The van der Waals surface area contributed by atoms with Crippen molar-refractivity contribution >= 4 is 22.5 Å². The monoisotopic (exact) mass is 397 g/mol. The third kappa shape index (κ3) is 3.86. The Kier molecular flexibility index (Phi) is 5.30. The van der Waals surface area contributed by atoms with Gasteiger partial charge in [-0.05, 0) is 50.8 Å². The first kappa shape index (κ1) is 19.5. The van der Waals surface area contributed by atoms with E-state index in [0.29, 0.717) is 17.2 Å². The zero-order chi connectivity index (χ0) is 20.5. The van der Waals surface area contributed by atoms with Gasteiger partial charge in [0.1, 0.15) is 17.5 Å². The molecule has 0 saturated carbocycles. The summed E-state index contributed by atoms with van der Waals surface area (Å²) in [6.45, 7) is 7.55. The molecule has 1 aliphatic rings. The zero-order valence-corrected chi connectivity index (χ0v) is 16.9. The summed E-state index contributed by atoms with van der Waals surface area (Å²) in [5.74, 6) is 2.26. The average molecular weight is 397 g/mol. The van der Waals surface area contributed by atoms with Crippen LogP contribution >= 0.6 is 0 Å². The van der Waals surface area contributed by atoms with Crippen LogP contribution in [0, 0.1) is 13.8 Å². The number of benzene rings is 1. The van der Waals surface area contributed by atoms with Gasteiger partial charge in [-0.2, -0.15) is 0 Å². The van der Waals surface area contributed by atoms with Gasteiger partial charge in [-0.25, -0.2) is 23.7 Å². The van der Waals surface area contributed by atoms with Gasteiger partial charge in [0.15, 0.2) is 0 Å². The van der Waals surface area contributed by atoms with Crippen LogP contribution < -0.4 is 10.2 Å². The fourth-order valence-corrected chi connectivity index (χ4v) is 4.03. The van der Waals surface area contributed by atoms with Crippen molar-refractivity contribution in [1.29, 1.82) is 0 Å². The van der Waals surface area contributed by atoms with E-state index in [1.165, 1.54) is 18.9 Å². The topological polar surface area (TPSA) is 53.9 Å². The van der Waals surface area contributed by atoms with Crippen LogP contribution in [0.2, 0.25) is 0 Å². The first-order valence-electron chi connectivity index (χ1n) is 9.97. The standard InChI is InChI=1S/C22H25F2N5/c1-13-16(7-6-8-17(13)21(23)24)14(2)26-22-18-11-20(29-9-4-5-10-29)25-12-19(18)27-15(3)28-22/h6-8,11-12,14,21H,4-5,9-10H2,1-3H3,(H,26,27,28). The van der Waals surface area contributed by atoms with Crippen LogP contribution in [0.4, 0.5) is 20.4 Å². The SMILES string of the molecule is Cc1nc(NC(C)c2cccc(C(F)F)c2C)c2cc(N3CCCC3)ncc2n1. The molecule has 5 nitrogen and oxygen atoms in total. The minimum atomic E-state index is -2.49. The molecule has 1 aliphatic heterocycles. The molecule has 29 heavy (non-hydrogen) atoms. The Labute approximate surface area is 169 Å². The highest BCUT2D eigenvalue weighted by Crippen LogP contribution is 2.32. The maximum absolute atomic E-state index is 13.3. The number of alkyl halides is 2. The molecule has 0 radical (unpaired) electrons. The van der Waals surface area contributed by atoms with Crippen LogP contribution in [-0.4, -0.2) is 28.0 Å². The van der Waals surface area contributed by atoms with Crippen molar-refractivity contribution < 1.29 is 8.78 Å². The Bertz CT molecular complexity index is 1030. The van der Waals surface area contributed by atoms with E-state index in [1.54, 1.807) is 19.2 Å². The molecule has 1 aromatic carbocycles. The van der Waals surface area contributed by atoms with Crippen LogP contribution in [0.3, 0.4) is 0 Å². The van der Waals surface area contributed by atoms with E-state index >= 15 is 0 Å². The van der Waals surface area contributed by atoms with Gasteiger partial charge in [0.2, 0.25) is 0 Å². The molecule has 152 valence electrons. The maximum Gasteiger partial charge on any atom is 0.264 e. The van der Waals surface area contributed by atoms with Gasteiger partial charge in [-0.3, -0.25) is 0 Å². The van der Waals surface area contributed by atoms with Crippen LogP contribution in [0.15, 0.2) is 30.5 Å². The third-order valence-corrected chi connectivity index (χ3v) is 5.58. The van der Waals surface area contributed by atoms with Gasteiger partial charge in [0, 0.05) is 24.0 Å². The quantitative estimate of drug-likeness (QED) is 0.629. The Hall–Kier alpha value is -2.83. The number of anilines is 2. The molecule has 7 heteroatoms. The van der Waals surface area contributed by atoms with Gasteiger partial charge < -0.3 is 10.2 Å². The van der Waals surface area contributed by atoms with Gasteiger partial charge in [-0.1, -0.05) is 18.2 Å². The molecule has 0 spiro atoms. The summed E-state index contributed by atoms with van der Waals surface area (Å²) in [6, 6.07) is 6.88. The van der Waals surface area contributed by atoms with Gasteiger partial charge in [0.05, 0.1) is 17.8 Å². The van der Waals surface area contributed by atoms with E-state index in [2.05, 4.69) is 25.2 Å². The van der Waals surface area contributed by atoms with Crippen molar-refractivity contribution in [1.82, 2.24) is 15.0 Å². The highest BCUT2D eigenvalue weighted by atomic mass is 19.3. The smallest absolute Gasteiger partial charge is 0.264 e. The van der Waals surface area contributed by atoms with E-state index < -0.39 is 6.43 Å². The minimum absolute atomic E-state index is 0.0698. The van der Waals surface area contributed by atoms with E-state index in [-0.39, 0.29) is 11.6 Å². The number of hydrogen-bond donors (Lipinski definition) is 1. The molecular weight excluding hydrogens is 372 g/mol. The predicted molar refractivity (Wildman–Crippen MR) is 112 cm³/mol. The van der Waals surface area contributed by atoms with E-state index in [0.717, 1.165) is 35.4 Å². The second-order valence-electron chi connectivity index (χ2n) is 7.60. The fraction of sp³-hybridized carbons (Fsp3) is 0.409. The number of hydrogen-bond acceptors (Lipinski definition) is 5. The lowest BCUT2D eigenvalue weighted by Gasteiger charge is -2.21. The molecule has 1 fully saturated rings. The molecule has 3 aromatic rings. The van der Waals surface area contributed by atoms with Crippen molar-refractivity contribution in [2.24, 2.45) is 0 Å². The normalized spacial score (nSPS) is 15.3. The summed E-state index contributed by atoms with van der Waals surface area (Å²) in [6.07, 6.45) is 1.65. The molecule has 1 atom stereocenters. The molecule has 3 heterocycles. The zero-order valence-electron chi connectivity index (χ0n) is 16.9. The van der Waals surface area contributed by atoms with E-state index in [4.69, 9.17) is 0 Å². The highest BCUT2D eigenvalue weighted by Gasteiger charge is 2.19. The number of fused-ring (bicyclic) bond motifs is 1. The van der Waals surface area contributed by atoms with E-state index in [1.807, 2.05) is 26.0 Å². The summed E-state index contributed by atoms with van der Waals surface area (Å²) >= 11 is 0. The molecule has 0 bridgehead atoms. The van der Waals surface area contributed by atoms with Crippen LogP contribution in [0.1, 0.15) is 54.7 Å². The maximum atomic E-state index is 13.3. The largest absolute Gasteiger partial charge is 0.363 e. The predicted octanol–water partition coefficient (Wildman–Crippen LogP) is 5.35. The fourth-order valence-electron chi connectivity index (χ4n) is 4.03. The van der Waals surface area contributed by atoms with Crippen molar-refractivity contribution in [3.05, 3.63) is 53.0 Å². The summed E-state index contributed by atoms with van der Waals surface area (Å²) in [5.41, 5.74) is 2.28. The number of nitrogens with one attached hydrogen (secondary N) is 1. The lowest BCUT2D eigenvalue weighted by atomic mass is 9.97. The van der Waals surface area contributed by atoms with Crippen molar-refractivity contribution in [2.45, 2.75) is 46.1 Å². The van der Waals surface area contributed by atoms with Crippen molar-refractivity contribution in [3.8, 4) is 0 Å². The Balaban J connectivity index is 1.71. The number of halogens is 2. The number of pyridine rings is 1. The summed E-state index contributed by atoms with van der Waals surface area (Å²) in [7, 11) is 0. The van der Waals surface area contributed by atoms with E-state index in [9.17, 15) is 8.78 Å². The average Bonchev–Trinajstić information content (AvgIpc) is 3.22. The Morgan fingerprint density at radius 2 is 1.79 bits per heavy atom. The van der Waals surface area contributed by atoms with Crippen molar-refractivity contribution in [2.75, 3.05) is 23.3 Å². The summed E-state index contributed by atoms with van der Waals surface area (Å²) in [4.78, 5) is 16.0. The highest BCUT2D eigenvalue weighted by molar-refractivity contribution is 5.90. The van der Waals surface area contributed by atoms with Crippen LogP contribution in [-0.2, 0) is 0 Å². The molecule has 2 aromatic heterocycles. The molecule has 0 amide bonds. The molecule has 1 N–H and O–H groups in total.